The first-order chi connectivity index (χ1) is 14.5. The van der Waals surface area contributed by atoms with Gasteiger partial charge in [0.1, 0.15) is 11.6 Å². The normalized spacial score (nSPS) is 10.0. The first kappa shape index (κ1) is 21.4. The van der Waals surface area contributed by atoms with Crippen LogP contribution < -0.4 is 0 Å². The van der Waals surface area contributed by atoms with Gasteiger partial charge in [-0.05, 0) is 67.8 Å². The maximum Gasteiger partial charge on any atom is 0.140 e. The van der Waals surface area contributed by atoms with Crippen molar-refractivity contribution in [2.24, 2.45) is 0 Å². The molecule has 2 heteroatoms. The van der Waals surface area contributed by atoms with Crippen molar-refractivity contribution in [3.63, 3.8) is 0 Å². The first-order valence-corrected chi connectivity index (χ1v) is 10.2. The summed E-state index contributed by atoms with van der Waals surface area (Å²) in [6.07, 6.45) is 3.90. The average Bonchev–Trinajstić information content (AvgIpc) is 2.74. The Kier molecular flexibility index (Phi) is 7.42. The Morgan fingerprint density at radius 2 is 1.27 bits per heavy atom. The molecule has 0 spiro atoms. The van der Waals surface area contributed by atoms with Gasteiger partial charge in [0, 0.05) is 16.7 Å². The van der Waals surface area contributed by atoms with E-state index < -0.39 is 5.82 Å². The van der Waals surface area contributed by atoms with Gasteiger partial charge in [-0.1, -0.05) is 67.2 Å². The molecule has 3 aromatic rings. The number of unbranched alkanes of at least 4 members (excludes halogenated alkanes) is 2. The molecule has 0 atom stereocenters. The zero-order chi connectivity index (χ0) is 21.3. The van der Waals surface area contributed by atoms with Gasteiger partial charge in [0.05, 0.1) is 5.56 Å². The lowest BCUT2D eigenvalue weighted by atomic mass is 10.0. The summed E-state index contributed by atoms with van der Waals surface area (Å²) < 4.78 is 28.6. The maximum atomic E-state index is 14.4. The molecule has 0 unspecified atom stereocenters. The quantitative estimate of drug-likeness (QED) is 0.335. The summed E-state index contributed by atoms with van der Waals surface area (Å²) in [4.78, 5) is 0. The van der Waals surface area contributed by atoms with Gasteiger partial charge < -0.3 is 0 Å². The Morgan fingerprint density at radius 3 is 1.93 bits per heavy atom. The fraction of sp³-hybridized carbons (Fsp3) is 0.214. The Balaban J connectivity index is 1.72. The third kappa shape index (κ3) is 6.07. The summed E-state index contributed by atoms with van der Waals surface area (Å²) >= 11 is 0. The fourth-order valence-corrected chi connectivity index (χ4v) is 3.01. The van der Waals surface area contributed by atoms with Gasteiger partial charge in [-0.2, -0.15) is 0 Å². The molecule has 3 aromatic carbocycles. The predicted octanol–water partition coefficient (Wildman–Crippen LogP) is 6.81. The van der Waals surface area contributed by atoms with Crippen LogP contribution in [-0.2, 0) is 6.42 Å². The van der Waals surface area contributed by atoms with Crippen molar-refractivity contribution in [1.82, 2.24) is 0 Å². The monoisotopic (exact) mass is 398 g/mol. The topological polar surface area (TPSA) is 0 Å². The van der Waals surface area contributed by atoms with Crippen LogP contribution in [0.15, 0.2) is 60.7 Å². The van der Waals surface area contributed by atoms with E-state index in [9.17, 15) is 8.78 Å². The van der Waals surface area contributed by atoms with E-state index >= 15 is 0 Å². The highest BCUT2D eigenvalue weighted by Crippen LogP contribution is 2.14. The smallest absolute Gasteiger partial charge is 0.140 e. The maximum absolute atomic E-state index is 14.4. The van der Waals surface area contributed by atoms with E-state index in [0.717, 1.165) is 31.2 Å². The number of aryl methyl sites for hydroxylation is 2. The van der Waals surface area contributed by atoms with Gasteiger partial charge in [0.25, 0.3) is 0 Å². The van der Waals surface area contributed by atoms with E-state index in [1.165, 1.54) is 17.7 Å². The Labute approximate surface area is 178 Å². The Bertz CT molecular complexity index is 1130. The molecular formula is C28H24F2. The average molecular weight is 398 g/mol. The molecule has 0 saturated heterocycles. The summed E-state index contributed by atoms with van der Waals surface area (Å²) in [6, 6.07) is 17.6. The standard InChI is InChI=1S/C28H24F2/c1-3-4-5-6-25-16-13-24(20-27(25)29)15-18-26-17-14-23(19-28(26)30)12-11-22-9-7-21(2)8-10-22/h7-10,13-14,16-17,19-20H,3-6H2,1-2H3. The van der Waals surface area contributed by atoms with Crippen LogP contribution in [0.1, 0.15) is 59.6 Å². The molecule has 0 saturated carbocycles. The second-order valence-corrected chi connectivity index (χ2v) is 7.32. The van der Waals surface area contributed by atoms with E-state index in [1.807, 2.05) is 31.2 Å². The van der Waals surface area contributed by atoms with Crippen molar-refractivity contribution >= 4 is 0 Å². The van der Waals surface area contributed by atoms with Crippen molar-refractivity contribution in [2.75, 3.05) is 0 Å². The molecule has 30 heavy (non-hydrogen) atoms. The number of rotatable bonds is 4. The summed E-state index contributed by atoms with van der Waals surface area (Å²) in [5, 5.41) is 0. The number of hydrogen-bond acceptors (Lipinski definition) is 0. The lowest BCUT2D eigenvalue weighted by molar-refractivity contribution is 0.598. The van der Waals surface area contributed by atoms with Crippen LogP contribution in [0, 0.1) is 42.2 Å². The van der Waals surface area contributed by atoms with Crippen LogP contribution in [-0.4, -0.2) is 0 Å². The second-order valence-electron chi connectivity index (χ2n) is 7.32. The van der Waals surface area contributed by atoms with Gasteiger partial charge >= 0.3 is 0 Å². The second kappa shape index (κ2) is 10.4. The first-order valence-electron chi connectivity index (χ1n) is 10.2. The highest BCUT2D eigenvalue weighted by Gasteiger charge is 2.03. The lowest BCUT2D eigenvalue weighted by Gasteiger charge is -2.03. The highest BCUT2D eigenvalue weighted by molar-refractivity contribution is 5.49. The minimum Gasteiger partial charge on any atom is -0.207 e. The summed E-state index contributed by atoms with van der Waals surface area (Å²) in [5.74, 6) is 11.0. The molecule has 0 aliphatic rings. The van der Waals surface area contributed by atoms with E-state index in [1.54, 1.807) is 24.3 Å². The van der Waals surface area contributed by atoms with E-state index in [4.69, 9.17) is 0 Å². The van der Waals surface area contributed by atoms with E-state index in [-0.39, 0.29) is 11.4 Å². The molecular weight excluding hydrogens is 374 g/mol. The van der Waals surface area contributed by atoms with E-state index in [2.05, 4.69) is 30.6 Å². The molecule has 0 aliphatic carbocycles. The van der Waals surface area contributed by atoms with Crippen molar-refractivity contribution < 1.29 is 8.78 Å². The molecule has 3 rings (SSSR count). The largest absolute Gasteiger partial charge is 0.207 e. The molecule has 0 N–H and O–H groups in total. The van der Waals surface area contributed by atoms with Crippen LogP contribution in [0.2, 0.25) is 0 Å². The van der Waals surface area contributed by atoms with Crippen LogP contribution in [0.4, 0.5) is 8.78 Å². The SMILES string of the molecule is CCCCCc1ccc(C#Cc2ccc(C#Cc3ccc(C)cc3)cc2F)cc1F. The fourth-order valence-electron chi connectivity index (χ4n) is 3.01. The van der Waals surface area contributed by atoms with Gasteiger partial charge in [-0.3, -0.25) is 0 Å². The minimum atomic E-state index is -0.435. The van der Waals surface area contributed by atoms with Gasteiger partial charge in [-0.25, -0.2) is 8.78 Å². The highest BCUT2D eigenvalue weighted by atomic mass is 19.1. The minimum absolute atomic E-state index is 0.250. The van der Waals surface area contributed by atoms with Crippen LogP contribution >= 0.6 is 0 Å². The molecule has 0 nitrogen and oxygen atoms in total. The number of hydrogen-bond donors (Lipinski definition) is 0. The Morgan fingerprint density at radius 1 is 0.667 bits per heavy atom. The summed E-state index contributed by atoms with van der Waals surface area (Å²) in [7, 11) is 0. The zero-order valence-electron chi connectivity index (χ0n) is 17.4. The van der Waals surface area contributed by atoms with Crippen LogP contribution in [0.25, 0.3) is 0 Å². The lowest BCUT2D eigenvalue weighted by Crippen LogP contribution is -1.92. The van der Waals surface area contributed by atoms with Crippen molar-refractivity contribution in [3.05, 3.63) is 106 Å². The molecule has 0 radical (unpaired) electrons. The van der Waals surface area contributed by atoms with Crippen molar-refractivity contribution in [3.8, 4) is 23.7 Å². The molecule has 0 heterocycles. The van der Waals surface area contributed by atoms with Gasteiger partial charge in [-0.15, -0.1) is 0 Å². The zero-order valence-corrected chi connectivity index (χ0v) is 17.4. The Hall–Kier alpha value is -3.36. The predicted molar refractivity (Wildman–Crippen MR) is 119 cm³/mol. The molecule has 0 amide bonds. The molecule has 150 valence electrons. The molecule has 0 aliphatic heterocycles. The summed E-state index contributed by atoms with van der Waals surface area (Å²) in [6.45, 7) is 4.14. The van der Waals surface area contributed by atoms with Gasteiger partial charge in [0.2, 0.25) is 0 Å². The van der Waals surface area contributed by atoms with Crippen molar-refractivity contribution in [1.29, 1.82) is 0 Å². The third-order valence-corrected chi connectivity index (χ3v) is 4.82. The number of halogens is 2. The summed E-state index contributed by atoms with van der Waals surface area (Å²) in [5.41, 5.74) is 4.14. The number of benzene rings is 3. The third-order valence-electron chi connectivity index (χ3n) is 4.82. The van der Waals surface area contributed by atoms with Crippen molar-refractivity contribution in [2.45, 2.75) is 39.5 Å². The molecule has 0 bridgehead atoms. The van der Waals surface area contributed by atoms with Gasteiger partial charge in [0.15, 0.2) is 0 Å². The molecule has 0 fully saturated rings. The van der Waals surface area contributed by atoms with Crippen LogP contribution in [0.3, 0.4) is 0 Å². The molecule has 0 aromatic heterocycles. The van der Waals surface area contributed by atoms with Crippen LogP contribution in [0.5, 0.6) is 0 Å². The van der Waals surface area contributed by atoms with E-state index in [0.29, 0.717) is 16.7 Å².